The zero-order valence-corrected chi connectivity index (χ0v) is 23.0. The molecule has 202 valence electrons. The Morgan fingerprint density at radius 1 is 1.24 bits per heavy atom. The van der Waals surface area contributed by atoms with Gasteiger partial charge in [-0.3, -0.25) is 0 Å². The molecule has 1 saturated heterocycles. The van der Waals surface area contributed by atoms with Crippen LogP contribution >= 0.6 is 11.9 Å². The summed E-state index contributed by atoms with van der Waals surface area (Å²) in [5.41, 5.74) is 3.16. The monoisotopic (exact) mass is 540 g/mol. The van der Waals surface area contributed by atoms with Crippen LogP contribution in [-0.2, 0) is 9.47 Å². The molecule has 0 radical (unpaired) electrons. The predicted molar refractivity (Wildman–Crippen MR) is 145 cm³/mol. The van der Waals surface area contributed by atoms with Gasteiger partial charge < -0.3 is 23.8 Å². The number of likely N-dealkylation sites (tertiary alicyclic amines) is 1. The first-order valence-electron chi connectivity index (χ1n) is 12.9. The first-order chi connectivity index (χ1) is 18.1. The summed E-state index contributed by atoms with van der Waals surface area (Å²) in [5, 5.41) is 0. The third kappa shape index (κ3) is 5.77. The average molecular weight is 541 g/mol. The SMILES string of the molecule is COC(=O)c1c(NSc2ccc(F)cc2/C=C2\CCCN(C(=O)OC(C)(C)C)C2)ccc2c1OC[C@@H]1CC21. The smallest absolute Gasteiger partial charge is 0.410 e. The number of hydrogen-bond donors (Lipinski definition) is 1. The van der Waals surface area contributed by atoms with Gasteiger partial charge in [0.05, 0.1) is 19.4 Å². The van der Waals surface area contributed by atoms with Crippen LogP contribution in [0.5, 0.6) is 5.75 Å². The second kappa shape index (κ2) is 10.5. The third-order valence-corrected chi connectivity index (χ3v) is 7.83. The van der Waals surface area contributed by atoms with Gasteiger partial charge in [-0.1, -0.05) is 17.7 Å². The minimum Gasteiger partial charge on any atom is -0.492 e. The molecule has 5 rings (SSSR count). The van der Waals surface area contributed by atoms with E-state index in [1.165, 1.54) is 31.2 Å². The molecule has 0 spiro atoms. The summed E-state index contributed by atoms with van der Waals surface area (Å²) in [6.07, 6.45) is 4.29. The van der Waals surface area contributed by atoms with Crippen LogP contribution in [0.15, 0.2) is 40.8 Å². The van der Waals surface area contributed by atoms with E-state index in [2.05, 4.69) is 4.72 Å². The topological polar surface area (TPSA) is 77.1 Å². The summed E-state index contributed by atoms with van der Waals surface area (Å²) < 4.78 is 34.1. The molecule has 9 heteroatoms. The molecule has 2 aromatic rings. The first kappa shape index (κ1) is 26.4. The van der Waals surface area contributed by atoms with E-state index in [0.717, 1.165) is 35.3 Å². The first-order valence-corrected chi connectivity index (χ1v) is 13.7. The Morgan fingerprint density at radius 3 is 2.82 bits per heavy atom. The average Bonchev–Trinajstić information content (AvgIpc) is 3.67. The Labute approximate surface area is 226 Å². The number of anilines is 1. The molecule has 1 saturated carbocycles. The van der Waals surface area contributed by atoms with Crippen LogP contribution in [0.2, 0.25) is 0 Å². The van der Waals surface area contributed by atoms with Gasteiger partial charge in [-0.05, 0) is 93.3 Å². The molecule has 0 bridgehead atoms. The van der Waals surface area contributed by atoms with E-state index in [4.69, 9.17) is 14.2 Å². The van der Waals surface area contributed by atoms with Gasteiger partial charge in [0.15, 0.2) is 0 Å². The van der Waals surface area contributed by atoms with Crippen LogP contribution in [0.4, 0.5) is 14.9 Å². The normalized spacial score (nSPS) is 21.2. The number of esters is 1. The molecule has 2 heterocycles. The highest BCUT2D eigenvalue weighted by Gasteiger charge is 2.45. The molecule has 2 fully saturated rings. The number of rotatable bonds is 5. The number of benzene rings is 2. The largest absolute Gasteiger partial charge is 0.492 e. The third-order valence-electron chi connectivity index (χ3n) is 6.92. The highest BCUT2D eigenvalue weighted by molar-refractivity contribution is 8.00. The molecule has 1 N–H and O–H groups in total. The molecule has 1 amide bonds. The van der Waals surface area contributed by atoms with Crippen molar-refractivity contribution in [3.63, 3.8) is 0 Å². The maximum Gasteiger partial charge on any atom is 0.410 e. The van der Waals surface area contributed by atoms with Gasteiger partial charge in [-0.2, -0.15) is 0 Å². The van der Waals surface area contributed by atoms with E-state index in [1.54, 1.807) is 11.0 Å². The number of hydrogen-bond acceptors (Lipinski definition) is 7. The second-order valence-corrected chi connectivity index (χ2v) is 11.9. The number of nitrogens with zero attached hydrogens (tertiary/aromatic N) is 1. The molecular formula is C29H33FN2O5S. The van der Waals surface area contributed by atoms with Crippen molar-refractivity contribution in [3.05, 3.63) is 58.4 Å². The Bertz CT molecular complexity index is 1290. The fourth-order valence-electron chi connectivity index (χ4n) is 4.99. The quantitative estimate of drug-likeness (QED) is 0.336. The molecule has 2 atom stereocenters. The lowest BCUT2D eigenvalue weighted by molar-refractivity contribution is 0.0247. The van der Waals surface area contributed by atoms with Gasteiger partial charge in [0.1, 0.15) is 22.7 Å². The summed E-state index contributed by atoms with van der Waals surface area (Å²) in [6, 6.07) is 8.48. The van der Waals surface area contributed by atoms with E-state index >= 15 is 0 Å². The van der Waals surface area contributed by atoms with Crippen LogP contribution in [0, 0.1) is 11.7 Å². The minimum atomic E-state index is -0.568. The van der Waals surface area contributed by atoms with Crippen LogP contribution in [0.25, 0.3) is 6.08 Å². The minimum absolute atomic E-state index is 0.346. The molecule has 0 aromatic heterocycles. The Balaban J connectivity index is 1.37. The number of fused-ring (bicyclic) bond motifs is 3. The number of carbonyl (C=O) groups excluding carboxylic acids is 2. The zero-order valence-electron chi connectivity index (χ0n) is 22.1. The number of carbonyl (C=O) groups is 2. The van der Waals surface area contributed by atoms with Crippen molar-refractivity contribution in [2.24, 2.45) is 5.92 Å². The molecule has 38 heavy (non-hydrogen) atoms. The number of ether oxygens (including phenoxy) is 3. The van der Waals surface area contributed by atoms with E-state index < -0.39 is 11.6 Å². The van der Waals surface area contributed by atoms with E-state index in [-0.39, 0.29) is 11.9 Å². The van der Waals surface area contributed by atoms with Gasteiger partial charge in [-0.15, -0.1) is 0 Å². The van der Waals surface area contributed by atoms with Gasteiger partial charge in [0.25, 0.3) is 0 Å². The number of amides is 1. The lowest BCUT2D eigenvalue weighted by atomic mass is 10.0. The maximum atomic E-state index is 14.3. The van der Waals surface area contributed by atoms with Crippen molar-refractivity contribution >= 4 is 35.8 Å². The standard InChI is InChI=1S/C29H33FN2O5S/c1-29(2,3)37-28(34)32-11-5-6-17(15-32)12-18-13-20(30)7-10-24(18)38-31-23-9-8-21-22-14-19(22)16-36-26(21)25(23)27(33)35-4/h7-10,12-13,19,22,31H,5-6,11,14-16H2,1-4H3/b17-12+/t19-,22?/m0/s1. The van der Waals surface area contributed by atoms with Gasteiger partial charge in [0.2, 0.25) is 0 Å². The van der Waals surface area contributed by atoms with Crippen LogP contribution in [0.3, 0.4) is 0 Å². The lowest BCUT2D eigenvalue weighted by Crippen LogP contribution is -2.40. The Morgan fingerprint density at radius 2 is 2.05 bits per heavy atom. The van der Waals surface area contributed by atoms with Crippen LogP contribution in [-0.4, -0.2) is 49.4 Å². The summed E-state index contributed by atoms with van der Waals surface area (Å²) in [4.78, 5) is 27.8. The number of methoxy groups -OCH3 is 1. The molecule has 7 nitrogen and oxygen atoms in total. The summed E-state index contributed by atoms with van der Waals surface area (Å²) >= 11 is 1.29. The summed E-state index contributed by atoms with van der Waals surface area (Å²) in [7, 11) is 1.36. The van der Waals surface area contributed by atoms with E-state index in [0.29, 0.717) is 54.1 Å². The second-order valence-electron chi connectivity index (χ2n) is 11.0. The van der Waals surface area contributed by atoms with Crippen molar-refractivity contribution in [3.8, 4) is 5.75 Å². The maximum absolute atomic E-state index is 14.3. The molecule has 1 unspecified atom stereocenters. The van der Waals surface area contributed by atoms with Crippen molar-refractivity contribution < 1.29 is 28.2 Å². The van der Waals surface area contributed by atoms with Crippen molar-refractivity contribution in [2.45, 2.75) is 56.4 Å². The van der Waals surface area contributed by atoms with Crippen LogP contribution in [0.1, 0.15) is 67.4 Å². The number of piperidine rings is 1. The van der Waals surface area contributed by atoms with Gasteiger partial charge in [0, 0.05) is 23.9 Å². The molecule has 2 aliphatic heterocycles. The van der Waals surface area contributed by atoms with E-state index in [9.17, 15) is 14.0 Å². The number of halogens is 1. The highest BCUT2D eigenvalue weighted by atomic mass is 32.2. The lowest BCUT2D eigenvalue weighted by Gasteiger charge is -2.31. The summed E-state index contributed by atoms with van der Waals surface area (Å²) in [6.45, 7) is 7.19. The number of nitrogens with one attached hydrogen (secondary N) is 1. The zero-order chi connectivity index (χ0) is 27.0. The summed E-state index contributed by atoms with van der Waals surface area (Å²) in [5.74, 6) is 0.747. The van der Waals surface area contributed by atoms with Crippen molar-refractivity contribution in [2.75, 3.05) is 31.5 Å². The Hall–Kier alpha value is -3.20. The fourth-order valence-corrected chi connectivity index (χ4v) is 5.76. The highest BCUT2D eigenvalue weighted by Crippen LogP contribution is 2.55. The van der Waals surface area contributed by atoms with Gasteiger partial charge in [-0.25, -0.2) is 14.0 Å². The predicted octanol–water partition coefficient (Wildman–Crippen LogP) is 6.64. The van der Waals surface area contributed by atoms with Crippen molar-refractivity contribution in [1.29, 1.82) is 0 Å². The molecular weight excluding hydrogens is 507 g/mol. The fraction of sp³-hybridized carbons (Fsp3) is 0.448. The molecule has 3 aliphatic rings. The van der Waals surface area contributed by atoms with Crippen LogP contribution < -0.4 is 9.46 Å². The molecule has 1 aliphatic carbocycles. The van der Waals surface area contributed by atoms with E-state index in [1.807, 2.05) is 39.0 Å². The molecule has 2 aromatic carbocycles. The van der Waals surface area contributed by atoms with Gasteiger partial charge >= 0.3 is 12.1 Å². The van der Waals surface area contributed by atoms with Crippen molar-refractivity contribution in [1.82, 2.24) is 4.90 Å². The Kier molecular flexibility index (Phi) is 7.31.